The maximum atomic E-state index is 12.9. The fourth-order valence-corrected chi connectivity index (χ4v) is 3.46. The lowest BCUT2D eigenvalue weighted by Gasteiger charge is -2.09. The number of hydrogen-bond acceptors (Lipinski definition) is 5. The second-order valence-electron chi connectivity index (χ2n) is 7.52. The van der Waals surface area contributed by atoms with E-state index in [9.17, 15) is 18.0 Å². The summed E-state index contributed by atoms with van der Waals surface area (Å²) in [6, 6.07) is 19.7. The number of rotatable bonds is 5. The number of pyridine rings is 2. The van der Waals surface area contributed by atoms with E-state index in [1.807, 2.05) is 42.5 Å². The third kappa shape index (κ3) is 4.81. The fourth-order valence-electron chi connectivity index (χ4n) is 3.46. The lowest BCUT2D eigenvalue weighted by molar-refractivity contribution is -0.141. The normalized spacial score (nSPS) is 11.4. The first-order valence-corrected chi connectivity index (χ1v) is 10.4. The Labute approximate surface area is 196 Å². The number of ether oxygens (including phenoxy) is 1. The molecule has 2 aromatic carbocycles. The van der Waals surface area contributed by atoms with Crippen molar-refractivity contribution >= 4 is 22.6 Å². The largest absolute Gasteiger partial charge is 0.456 e. The monoisotopic (exact) mass is 475 g/mol. The summed E-state index contributed by atoms with van der Waals surface area (Å²) in [7, 11) is 0. The van der Waals surface area contributed by atoms with Gasteiger partial charge in [0.2, 0.25) is 0 Å². The molecule has 0 aliphatic carbocycles. The SMILES string of the molecule is O=C(Nc1cccc(C(F)(F)F)n1)c1n[nH]c2ccc(-c3cncc(Oc4ccccc4)c3)cc12. The van der Waals surface area contributed by atoms with Crippen LogP contribution in [-0.4, -0.2) is 26.1 Å². The molecule has 0 aliphatic rings. The molecule has 0 bridgehead atoms. The van der Waals surface area contributed by atoms with Crippen LogP contribution in [0.2, 0.25) is 0 Å². The number of aromatic amines is 1. The summed E-state index contributed by atoms with van der Waals surface area (Å²) in [6.45, 7) is 0. The predicted octanol–water partition coefficient (Wildman–Crippen LogP) is 6.08. The van der Waals surface area contributed by atoms with Gasteiger partial charge in [-0.3, -0.25) is 14.9 Å². The van der Waals surface area contributed by atoms with Crippen LogP contribution >= 0.6 is 0 Å². The molecule has 0 saturated heterocycles. The van der Waals surface area contributed by atoms with Gasteiger partial charge in [0.1, 0.15) is 23.0 Å². The lowest BCUT2D eigenvalue weighted by atomic mass is 10.0. The molecule has 5 rings (SSSR count). The van der Waals surface area contributed by atoms with Gasteiger partial charge in [-0.1, -0.05) is 30.3 Å². The van der Waals surface area contributed by atoms with Gasteiger partial charge in [0, 0.05) is 17.1 Å². The van der Waals surface area contributed by atoms with Crippen molar-refractivity contribution in [3.8, 4) is 22.6 Å². The summed E-state index contributed by atoms with van der Waals surface area (Å²) in [5.41, 5.74) is 0.990. The molecule has 3 heterocycles. The molecule has 5 aromatic rings. The smallest absolute Gasteiger partial charge is 0.433 e. The van der Waals surface area contributed by atoms with Crippen LogP contribution in [0.4, 0.5) is 19.0 Å². The summed E-state index contributed by atoms with van der Waals surface area (Å²) >= 11 is 0. The number of H-pyrrole nitrogens is 1. The molecule has 10 heteroatoms. The average molecular weight is 475 g/mol. The number of fused-ring (bicyclic) bond motifs is 1. The van der Waals surface area contributed by atoms with E-state index in [0.29, 0.717) is 22.4 Å². The second kappa shape index (κ2) is 8.90. The maximum absolute atomic E-state index is 12.9. The Kier molecular flexibility index (Phi) is 5.61. The third-order valence-electron chi connectivity index (χ3n) is 5.08. The quantitative estimate of drug-likeness (QED) is 0.321. The van der Waals surface area contributed by atoms with E-state index in [1.165, 1.54) is 12.1 Å². The number of carbonyl (C=O) groups is 1. The Balaban J connectivity index is 1.43. The number of benzene rings is 2. The molecular formula is C25H16F3N5O2. The van der Waals surface area contributed by atoms with Crippen molar-refractivity contribution in [1.29, 1.82) is 0 Å². The number of nitrogens with one attached hydrogen (secondary N) is 2. The molecule has 0 fully saturated rings. The van der Waals surface area contributed by atoms with E-state index in [0.717, 1.165) is 17.2 Å². The van der Waals surface area contributed by atoms with Crippen LogP contribution in [0.25, 0.3) is 22.0 Å². The van der Waals surface area contributed by atoms with Crippen LogP contribution in [0, 0.1) is 0 Å². The van der Waals surface area contributed by atoms with Crippen molar-refractivity contribution in [2.24, 2.45) is 0 Å². The zero-order chi connectivity index (χ0) is 24.4. The molecule has 0 radical (unpaired) electrons. The van der Waals surface area contributed by atoms with Crippen LogP contribution in [0.5, 0.6) is 11.5 Å². The number of carbonyl (C=O) groups excluding carboxylic acids is 1. The summed E-state index contributed by atoms with van der Waals surface area (Å²) in [5, 5.41) is 9.67. The number of para-hydroxylation sites is 1. The van der Waals surface area contributed by atoms with Gasteiger partial charge in [-0.25, -0.2) is 4.98 Å². The van der Waals surface area contributed by atoms with Crippen LogP contribution < -0.4 is 10.1 Å². The van der Waals surface area contributed by atoms with Gasteiger partial charge in [-0.2, -0.15) is 18.3 Å². The molecule has 174 valence electrons. The molecule has 1 amide bonds. The van der Waals surface area contributed by atoms with Crippen LogP contribution in [0.15, 0.2) is 85.2 Å². The Morgan fingerprint density at radius 3 is 2.51 bits per heavy atom. The van der Waals surface area contributed by atoms with Crippen molar-refractivity contribution in [3.63, 3.8) is 0 Å². The van der Waals surface area contributed by atoms with Gasteiger partial charge in [0.15, 0.2) is 5.69 Å². The Hall–Kier alpha value is -4.73. The van der Waals surface area contributed by atoms with Crippen LogP contribution in [-0.2, 0) is 6.18 Å². The highest BCUT2D eigenvalue weighted by Crippen LogP contribution is 2.30. The minimum atomic E-state index is -4.62. The molecule has 0 unspecified atom stereocenters. The molecule has 0 atom stereocenters. The topological polar surface area (TPSA) is 92.8 Å². The lowest BCUT2D eigenvalue weighted by Crippen LogP contribution is -2.16. The van der Waals surface area contributed by atoms with Gasteiger partial charge in [-0.15, -0.1) is 0 Å². The minimum Gasteiger partial charge on any atom is -0.456 e. The van der Waals surface area contributed by atoms with Gasteiger partial charge >= 0.3 is 6.18 Å². The van der Waals surface area contributed by atoms with E-state index in [1.54, 1.807) is 24.5 Å². The number of hydrogen-bond donors (Lipinski definition) is 2. The molecule has 3 aromatic heterocycles. The number of amides is 1. The van der Waals surface area contributed by atoms with Gasteiger partial charge in [0.25, 0.3) is 5.91 Å². The van der Waals surface area contributed by atoms with Gasteiger partial charge < -0.3 is 10.1 Å². The molecule has 35 heavy (non-hydrogen) atoms. The highest BCUT2D eigenvalue weighted by Gasteiger charge is 2.32. The van der Waals surface area contributed by atoms with Crippen molar-refractivity contribution in [2.45, 2.75) is 6.18 Å². The number of anilines is 1. The molecular weight excluding hydrogens is 459 g/mol. The molecule has 0 spiro atoms. The average Bonchev–Trinajstić information content (AvgIpc) is 3.28. The predicted molar refractivity (Wildman–Crippen MR) is 123 cm³/mol. The Morgan fingerprint density at radius 2 is 1.71 bits per heavy atom. The van der Waals surface area contributed by atoms with Crippen LogP contribution in [0.3, 0.4) is 0 Å². The van der Waals surface area contributed by atoms with Crippen molar-refractivity contribution in [3.05, 3.63) is 96.6 Å². The van der Waals surface area contributed by atoms with E-state index in [-0.39, 0.29) is 11.5 Å². The Bertz CT molecular complexity index is 1520. The zero-order valence-corrected chi connectivity index (χ0v) is 17.9. The van der Waals surface area contributed by atoms with E-state index in [2.05, 4.69) is 25.5 Å². The first kappa shape index (κ1) is 22.1. The number of nitrogens with zero attached hydrogens (tertiary/aromatic N) is 3. The van der Waals surface area contributed by atoms with Crippen molar-refractivity contribution in [2.75, 3.05) is 5.32 Å². The number of aromatic nitrogens is 4. The number of alkyl halides is 3. The minimum absolute atomic E-state index is 0.0192. The molecule has 2 N–H and O–H groups in total. The molecule has 0 aliphatic heterocycles. The second-order valence-corrected chi connectivity index (χ2v) is 7.52. The summed E-state index contributed by atoms with van der Waals surface area (Å²) in [4.78, 5) is 20.5. The first-order valence-electron chi connectivity index (χ1n) is 10.4. The number of halogens is 3. The molecule has 7 nitrogen and oxygen atoms in total. The fraction of sp³-hybridized carbons (Fsp3) is 0.0400. The highest BCUT2D eigenvalue weighted by molar-refractivity contribution is 6.11. The van der Waals surface area contributed by atoms with Gasteiger partial charge in [0.05, 0.1) is 11.7 Å². The maximum Gasteiger partial charge on any atom is 0.433 e. The van der Waals surface area contributed by atoms with Gasteiger partial charge in [-0.05, 0) is 48.0 Å². The highest BCUT2D eigenvalue weighted by atomic mass is 19.4. The molecule has 0 saturated carbocycles. The first-order chi connectivity index (χ1) is 16.9. The summed E-state index contributed by atoms with van der Waals surface area (Å²) in [6.07, 6.45) is -1.37. The Morgan fingerprint density at radius 1 is 0.886 bits per heavy atom. The van der Waals surface area contributed by atoms with Crippen molar-refractivity contribution < 1.29 is 22.7 Å². The van der Waals surface area contributed by atoms with Crippen molar-refractivity contribution in [1.82, 2.24) is 20.2 Å². The van der Waals surface area contributed by atoms with E-state index < -0.39 is 17.8 Å². The summed E-state index contributed by atoms with van der Waals surface area (Å²) in [5.74, 6) is 0.278. The third-order valence-corrected chi connectivity index (χ3v) is 5.08. The van der Waals surface area contributed by atoms with Crippen LogP contribution in [0.1, 0.15) is 16.2 Å². The van der Waals surface area contributed by atoms with E-state index in [4.69, 9.17) is 4.74 Å². The zero-order valence-electron chi connectivity index (χ0n) is 17.9. The van der Waals surface area contributed by atoms with E-state index >= 15 is 0 Å². The summed E-state index contributed by atoms with van der Waals surface area (Å²) < 4.78 is 44.7. The standard InChI is InChI=1S/C25H16F3N5O2/c26-25(27,28)21-7-4-8-22(30-21)31-24(34)23-19-12-15(9-10-20(19)32-33-23)16-11-18(14-29-13-16)35-17-5-2-1-3-6-17/h1-14H,(H,32,33)(H,30,31,34).